The topological polar surface area (TPSA) is 38.3 Å². The second-order valence-corrected chi connectivity index (χ2v) is 5.74. The van der Waals surface area contributed by atoms with Crippen LogP contribution in [0.1, 0.15) is 0 Å². The van der Waals surface area contributed by atoms with Gasteiger partial charge in [-0.2, -0.15) is 4.39 Å². The fourth-order valence-electron chi connectivity index (χ4n) is 2.10. The van der Waals surface area contributed by atoms with Crippen LogP contribution >= 0.6 is 11.3 Å². The number of benzene rings is 1. The van der Waals surface area contributed by atoms with Crippen molar-refractivity contribution in [2.45, 2.75) is 0 Å². The van der Waals surface area contributed by atoms with Gasteiger partial charge in [0.15, 0.2) is 0 Å². The first-order valence-corrected chi connectivity index (χ1v) is 7.19. The third kappa shape index (κ3) is 2.54. The van der Waals surface area contributed by atoms with Crippen LogP contribution in [0.5, 0.6) is 5.75 Å². The highest BCUT2D eigenvalue weighted by molar-refractivity contribution is 7.21. The number of fused-ring (bicyclic) bond motifs is 1. The monoisotopic (exact) mass is 302 g/mol. The van der Waals surface area contributed by atoms with Crippen molar-refractivity contribution in [3.63, 3.8) is 0 Å². The van der Waals surface area contributed by atoms with Crippen LogP contribution in [0.25, 0.3) is 20.9 Å². The van der Waals surface area contributed by atoms with E-state index in [2.05, 4.69) is 9.97 Å². The lowest BCUT2D eigenvalue weighted by molar-refractivity contribution is 0.415. The van der Waals surface area contributed by atoms with Gasteiger partial charge in [-0.05, 0) is 30.3 Å². The highest BCUT2D eigenvalue weighted by Crippen LogP contribution is 2.35. The van der Waals surface area contributed by atoms with E-state index in [0.717, 1.165) is 22.0 Å². The minimum absolute atomic E-state index is 0.488. The van der Waals surface area contributed by atoms with Crippen molar-refractivity contribution in [3.05, 3.63) is 36.3 Å². The molecule has 108 valence electrons. The zero-order valence-electron chi connectivity index (χ0n) is 11.9. The number of thiazole rings is 1. The summed E-state index contributed by atoms with van der Waals surface area (Å²) in [5.74, 6) is 0.286. The Labute approximate surface area is 125 Å². The van der Waals surface area contributed by atoms with Gasteiger partial charge in [0.25, 0.3) is 0 Å². The number of rotatable bonds is 3. The van der Waals surface area contributed by atoms with Gasteiger partial charge in [-0.15, -0.1) is 0 Å². The van der Waals surface area contributed by atoms with Crippen LogP contribution in [0.4, 0.5) is 10.1 Å². The van der Waals surface area contributed by atoms with Gasteiger partial charge in [0.05, 0.1) is 12.8 Å². The third-order valence-corrected chi connectivity index (χ3v) is 4.14. The van der Waals surface area contributed by atoms with Gasteiger partial charge in [-0.3, -0.25) is 0 Å². The molecular weight excluding hydrogens is 288 g/mol. The van der Waals surface area contributed by atoms with E-state index < -0.39 is 5.95 Å². The zero-order valence-corrected chi connectivity index (χ0v) is 12.7. The smallest absolute Gasteiger partial charge is 0.214 e. The molecule has 2 heterocycles. The summed E-state index contributed by atoms with van der Waals surface area (Å²) in [7, 11) is 5.56. The maximum atomic E-state index is 13.2. The molecule has 0 radical (unpaired) electrons. The number of halogens is 1. The maximum absolute atomic E-state index is 13.2. The fourth-order valence-corrected chi connectivity index (χ4v) is 3.02. The molecule has 0 aliphatic carbocycles. The molecule has 0 N–H and O–H groups in total. The third-order valence-electron chi connectivity index (χ3n) is 3.13. The van der Waals surface area contributed by atoms with E-state index in [0.29, 0.717) is 10.3 Å². The van der Waals surface area contributed by atoms with Crippen molar-refractivity contribution < 1.29 is 9.13 Å². The lowest BCUT2D eigenvalue weighted by Crippen LogP contribution is -2.09. The number of ether oxygens (including phenoxy) is 1. The van der Waals surface area contributed by atoms with Gasteiger partial charge in [0, 0.05) is 19.7 Å². The molecule has 0 saturated carbocycles. The first kappa shape index (κ1) is 13.8. The van der Waals surface area contributed by atoms with E-state index in [1.54, 1.807) is 13.2 Å². The number of aromatic nitrogens is 2. The molecule has 0 amide bonds. The molecule has 3 aromatic rings. The summed E-state index contributed by atoms with van der Waals surface area (Å²) in [5.41, 5.74) is 2.62. The zero-order chi connectivity index (χ0) is 15.0. The van der Waals surface area contributed by atoms with E-state index in [1.165, 1.54) is 17.4 Å². The number of anilines is 1. The predicted octanol–water partition coefficient (Wildman–Crippen LogP) is 3.57. The van der Waals surface area contributed by atoms with Crippen molar-refractivity contribution in [1.82, 2.24) is 9.97 Å². The standard InChI is InChI=1S/C15H14FN3OS/c1-19(2)11-6-4-9(8-12(11)20-3)14-17-10-5-7-13(16)18-15(10)21-14/h4-8H,1-3H3/i16-1. The summed E-state index contributed by atoms with van der Waals surface area (Å²) in [5, 5.41) is 0.798. The van der Waals surface area contributed by atoms with Crippen LogP contribution < -0.4 is 9.64 Å². The molecule has 0 aliphatic rings. The molecule has 0 fully saturated rings. The normalized spacial score (nSPS) is 10.9. The van der Waals surface area contributed by atoms with E-state index in [9.17, 15) is 4.39 Å². The van der Waals surface area contributed by atoms with Gasteiger partial charge < -0.3 is 9.64 Å². The molecule has 0 saturated heterocycles. The Morgan fingerprint density at radius 2 is 1.95 bits per heavy atom. The molecule has 21 heavy (non-hydrogen) atoms. The largest absolute Gasteiger partial charge is 0.495 e. The van der Waals surface area contributed by atoms with Gasteiger partial charge in [-0.1, -0.05) is 11.3 Å². The van der Waals surface area contributed by atoms with Crippen LogP contribution in [-0.2, 0) is 0 Å². The lowest BCUT2D eigenvalue weighted by Gasteiger charge is -2.16. The van der Waals surface area contributed by atoms with Crippen LogP contribution in [0.15, 0.2) is 30.3 Å². The Bertz CT molecular complexity index is 801. The second kappa shape index (κ2) is 5.29. The number of hydrogen-bond donors (Lipinski definition) is 0. The van der Waals surface area contributed by atoms with Gasteiger partial charge in [-0.25, -0.2) is 9.97 Å². The van der Waals surface area contributed by atoms with Crippen molar-refractivity contribution in [1.29, 1.82) is 0 Å². The van der Waals surface area contributed by atoms with E-state index in [-0.39, 0.29) is 0 Å². The minimum Gasteiger partial charge on any atom is -0.495 e. The van der Waals surface area contributed by atoms with Gasteiger partial charge in [0.1, 0.15) is 21.1 Å². The number of nitrogens with zero attached hydrogens (tertiary/aromatic N) is 3. The SMILES string of the molecule is COc1cc(-c2nc3ccc([18F])nc3s2)ccc1N(C)C. The maximum Gasteiger partial charge on any atom is 0.214 e. The van der Waals surface area contributed by atoms with E-state index in [1.807, 2.05) is 37.2 Å². The lowest BCUT2D eigenvalue weighted by atomic mass is 10.2. The first-order chi connectivity index (χ1) is 10.1. The minimum atomic E-state index is -0.488. The molecule has 0 spiro atoms. The molecule has 0 unspecified atom stereocenters. The summed E-state index contributed by atoms with van der Waals surface area (Å²) in [6.45, 7) is 0. The molecule has 3 rings (SSSR count). The van der Waals surface area contributed by atoms with E-state index >= 15 is 0 Å². The predicted molar refractivity (Wildman–Crippen MR) is 83.7 cm³/mol. The van der Waals surface area contributed by atoms with Gasteiger partial charge >= 0.3 is 0 Å². The highest BCUT2D eigenvalue weighted by Gasteiger charge is 2.12. The number of methoxy groups -OCH3 is 1. The molecule has 2 aromatic heterocycles. The fraction of sp³-hybridized carbons (Fsp3) is 0.200. The number of pyridine rings is 1. The molecule has 4 nitrogen and oxygen atoms in total. The van der Waals surface area contributed by atoms with Crippen LogP contribution in [0.3, 0.4) is 0 Å². The van der Waals surface area contributed by atoms with Crippen molar-refractivity contribution >= 4 is 27.4 Å². The quantitative estimate of drug-likeness (QED) is 0.693. The molecule has 0 aliphatic heterocycles. The molecule has 1 aromatic carbocycles. The summed E-state index contributed by atoms with van der Waals surface area (Å²) < 4.78 is 18.6. The van der Waals surface area contributed by atoms with Crippen molar-refractivity contribution in [3.8, 4) is 16.3 Å². The van der Waals surface area contributed by atoms with Crippen molar-refractivity contribution in [2.75, 3.05) is 26.1 Å². The van der Waals surface area contributed by atoms with Crippen LogP contribution in [0.2, 0.25) is 0 Å². The molecular formula is C15H14FN3OS. The average molecular weight is 302 g/mol. The Kier molecular flexibility index (Phi) is 3.47. The van der Waals surface area contributed by atoms with Crippen LogP contribution in [0, 0.1) is 5.95 Å². The molecule has 0 atom stereocenters. The second-order valence-electron chi connectivity index (χ2n) is 4.76. The first-order valence-electron chi connectivity index (χ1n) is 6.37. The van der Waals surface area contributed by atoms with Crippen LogP contribution in [-0.4, -0.2) is 31.2 Å². The Morgan fingerprint density at radius 3 is 2.67 bits per heavy atom. The summed E-state index contributed by atoms with van der Waals surface area (Å²) in [6, 6.07) is 8.86. The van der Waals surface area contributed by atoms with Crippen molar-refractivity contribution in [2.24, 2.45) is 0 Å². The van der Waals surface area contributed by atoms with E-state index in [4.69, 9.17) is 4.74 Å². The summed E-state index contributed by atoms with van der Waals surface area (Å²) >= 11 is 1.37. The summed E-state index contributed by atoms with van der Waals surface area (Å²) in [6.07, 6.45) is 0. The average Bonchev–Trinajstić information content (AvgIpc) is 2.89. The molecule has 6 heteroatoms. The summed E-state index contributed by atoms with van der Waals surface area (Å²) in [4.78, 5) is 10.9. The van der Waals surface area contributed by atoms with Gasteiger partial charge in [0.2, 0.25) is 5.95 Å². The molecule has 0 bridgehead atoms. The highest BCUT2D eigenvalue weighted by atomic mass is 32.1. The Hall–Kier alpha value is -2.21. The number of hydrogen-bond acceptors (Lipinski definition) is 5. The Morgan fingerprint density at radius 1 is 1.14 bits per heavy atom. The Balaban J connectivity index is 2.09.